The number of benzene rings is 1. The van der Waals surface area contributed by atoms with Crippen molar-refractivity contribution in [3.05, 3.63) is 28.8 Å². The number of anilines is 1. The molecule has 2 aliphatic heterocycles. The summed E-state index contributed by atoms with van der Waals surface area (Å²) in [5, 5.41) is 14.7. The molecule has 0 spiro atoms. The number of carbonyl (C=O) groups excluding carboxylic acids is 1. The van der Waals surface area contributed by atoms with Crippen LogP contribution in [0.1, 0.15) is 16.7 Å². The second-order valence-corrected chi connectivity index (χ2v) is 4.52. The van der Waals surface area contributed by atoms with E-state index in [4.69, 9.17) is 5.21 Å². The lowest BCUT2D eigenvalue weighted by atomic mass is 9.95. The second kappa shape index (κ2) is 3.56. The van der Waals surface area contributed by atoms with E-state index in [1.54, 1.807) is 0 Å². The van der Waals surface area contributed by atoms with Crippen molar-refractivity contribution in [2.75, 3.05) is 18.9 Å². The molecule has 3 rings (SSSR count). The molecule has 0 unspecified atom stereocenters. The van der Waals surface area contributed by atoms with Crippen LogP contribution in [0, 0.1) is 0 Å². The Hall–Kier alpha value is -1.88. The number of oxime groups is 1. The molecule has 0 saturated heterocycles. The van der Waals surface area contributed by atoms with Crippen molar-refractivity contribution in [1.82, 2.24) is 4.90 Å². The predicted molar refractivity (Wildman–Crippen MR) is 63.4 cm³/mol. The normalized spacial score (nSPS) is 21.2. The van der Waals surface area contributed by atoms with Crippen LogP contribution in [0.5, 0.6) is 0 Å². The molecule has 0 saturated carbocycles. The van der Waals surface area contributed by atoms with Crippen molar-refractivity contribution in [2.24, 2.45) is 5.16 Å². The number of hydrogen-bond donors (Lipinski definition) is 2. The van der Waals surface area contributed by atoms with Crippen LogP contribution in [-0.2, 0) is 17.8 Å². The molecule has 0 radical (unpaired) electrons. The molecule has 17 heavy (non-hydrogen) atoms. The fourth-order valence-corrected chi connectivity index (χ4v) is 2.53. The SMILES string of the molecule is CN1CCc2c(ccc3c2NC(=O)/C3=N\O)C1. The molecule has 2 aliphatic rings. The summed E-state index contributed by atoms with van der Waals surface area (Å²) in [6, 6.07) is 3.86. The van der Waals surface area contributed by atoms with Gasteiger partial charge in [-0.25, -0.2) is 0 Å². The Morgan fingerprint density at radius 3 is 3.06 bits per heavy atom. The molecule has 2 heterocycles. The van der Waals surface area contributed by atoms with E-state index in [2.05, 4.69) is 22.4 Å². The number of carbonyl (C=O) groups is 1. The van der Waals surface area contributed by atoms with Gasteiger partial charge in [0.25, 0.3) is 5.91 Å². The molecule has 0 bridgehead atoms. The van der Waals surface area contributed by atoms with Crippen LogP contribution in [0.3, 0.4) is 0 Å². The van der Waals surface area contributed by atoms with E-state index in [9.17, 15) is 4.79 Å². The highest BCUT2D eigenvalue weighted by molar-refractivity contribution is 6.53. The third kappa shape index (κ3) is 1.43. The summed E-state index contributed by atoms with van der Waals surface area (Å²) in [7, 11) is 2.08. The molecule has 88 valence electrons. The zero-order valence-corrected chi connectivity index (χ0v) is 9.53. The summed E-state index contributed by atoms with van der Waals surface area (Å²) >= 11 is 0. The van der Waals surface area contributed by atoms with Crippen LogP contribution in [0.2, 0.25) is 0 Å². The number of amides is 1. The Bertz CT molecular complexity index is 537. The van der Waals surface area contributed by atoms with Gasteiger partial charge >= 0.3 is 0 Å². The minimum absolute atomic E-state index is 0.113. The summed E-state index contributed by atoms with van der Waals surface area (Å²) in [6.45, 7) is 1.87. The van der Waals surface area contributed by atoms with E-state index in [0.717, 1.165) is 25.2 Å². The summed E-state index contributed by atoms with van der Waals surface area (Å²) < 4.78 is 0. The lowest BCUT2D eigenvalue weighted by Gasteiger charge is -2.26. The quantitative estimate of drug-likeness (QED) is 0.513. The van der Waals surface area contributed by atoms with E-state index < -0.39 is 0 Å². The van der Waals surface area contributed by atoms with Crippen LogP contribution in [0.4, 0.5) is 5.69 Å². The maximum atomic E-state index is 11.6. The lowest BCUT2D eigenvalue weighted by molar-refractivity contribution is -0.110. The van der Waals surface area contributed by atoms with Gasteiger partial charge in [-0.2, -0.15) is 0 Å². The van der Waals surface area contributed by atoms with Crippen molar-refractivity contribution >= 4 is 17.3 Å². The van der Waals surface area contributed by atoms with E-state index in [-0.39, 0.29) is 11.6 Å². The Morgan fingerprint density at radius 2 is 2.29 bits per heavy atom. The standard InChI is InChI=1S/C12H13N3O2/c1-15-5-4-8-7(6-15)2-3-9-10(8)13-12(16)11(9)14-17/h2-3,17H,4-6H2,1H3,(H,13,14,16). The van der Waals surface area contributed by atoms with E-state index >= 15 is 0 Å². The lowest BCUT2D eigenvalue weighted by Crippen LogP contribution is -2.27. The highest BCUT2D eigenvalue weighted by Crippen LogP contribution is 2.33. The molecule has 1 amide bonds. The summed E-state index contributed by atoms with van der Waals surface area (Å²) in [5.41, 5.74) is 4.06. The molecule has 0 aliphatic carbocycles. The molecule has 5 heteroatoms. The molecule has 1 aromatic rings. The molecule has 5 nitrogen and oxygen atoms in total. The van der Waals surface area contributed by atoms with Gasteiger partial charge in [0.1, 0.15) is 0 Å². The Kier molecular flexibility index (Phi) is 2.16. The van der Waals surface area contributed by atoms with Crippen molar-refractivity contribution in [2.45, 2.75) is 13.0 Å². The van der Waals surface area contributed by atoms with Gasteiger partial charge in [-0.1, -0.05) is 17.3 Å². The van der Waals surface area contributed by atoms with E-state index in [0.29, 0.717) is 5.56 Å². The fraction of sp³-hybridized carbons (Fsp3) is 0.333. The number of fused-ring (bicyclic) bond motifs is 3. The monoisotopic (exact) mass is 231 g/mol. The van der Waals surface area contributed by atoms with Gasteiger partial charge in [-0.15, -0.1) is 0 Å². The average molecular weight is 231 g/mol. The van der Waals surface area contributed by atoms with Crippen molar-refractivity contribution in [3.8, 4) is 0 Å². The zero-order valence-electron chi connectivity index (χ0n) is 9.53. The van der Waals surface area contributed by atoms with Crippen LogP contribution in [0.15, 0.2) is 17.3 Å². The highest BCUT2D eigenvalue weighted by Gasteiger charge is 2.30. The first-order valence-corrected chi connectivity index (χ1v) is 5.58. The van der Waals surface area contributed by atoms with Crippen molar-refractivity contribution in [3.63, 3.8) is 0 Å². The van der Waals surface area contributed by atoms with Gasteiger partial charge in [-0.05, 0) is 24.6 Å². The number of likely N-dealkylation sites (N-methyl/N-ethyl adjacent to an activating group) is 1. The first-order chi connectivity index (χ1) is 8.20. The third-order valence-corrected chi connectivity index (χ3v) is 3.40. The number of rotatable bonds is 0. The van der Waals surface area contributed by atoms with Crippen molar-refractivity contribution in [1.29, 1.82) is 0 Å². The van der Waals surface area contributed by atoms with Gasteiger partial charge in [-0.3, -0.25) is 4.79 Å². The van der Waals surface area contributed by atoms with E-state index in [1.807, 2.05) is 12.1 Å². The van der Waals surface area contributed by atoms with Crippen LogP contribution >= 0.6 is 0 Å². The second-order valence-electron chi connectivity index (χ2n) is 4.52. The minimum Gasteiger partial charge on any atom is -0.410 e. The first-order valence-electron chi connectivity index (χ1n) is 5.58. The average Bonchev–Trinajstić information content (AvgIpc) is 2.64. The molecule has 2 N–H and O–H groups in total. The smallest absolute Gasteiger partial charge is 0.278 e. The van der Waals surface area contributed by atoms with Gasteiger partial charge in [0.2, 0.25) is 0 Å². The van der Waals surface area contributed by atoms with E-state index in [1.165, 1.54) is 11.1 Å². The third-order valence-electron chi connectivity index (χ3n) is 3.40. The maximum absolute atomic E-state index is 11.6. The Labute approximate surface area is 98.7 Å². The molecular formula is C12H13N3O2. The first kappa shape index (κ1) is 10.3. The van der Waals surface area contributed by atoms with Gasteiger partial charge in [0.15, 0.2) is 5.71 Å². The highest BCUT2D eigenvalue weighted by atomic mass is 16.4. The summed E-state index contributed by atoms with van der Waals surface area (Å²) in [6.07, 6.45) is 0.911. The molecule has 0 atom stereocenters. The van der Waals surface area contributed by atoms with Crippen molar-refractivity contribution < 1.29 is 10.0 Å². The van der Waals surface area contributed by atoms with Gasteiger partial charge in [0.05, 0.1) is 5.69 Å². The molecule has 1 aromatic carbocycles. The molecule has 0 fully saturated rings. The summed E-state index contributed by atoms with van der Waals surface area (Å²) in [4.78, 5) is 13.8. The zero-order chi connectivity index (χ0) is 12.0. The predicted octanol–water partition coefficient (Wildman–Crippen LogP) is 0.805. The van der Waals surface area contributed by atoms with Crippen LogP contribution in [0.25, 0.3) is 0 Å². The molecule has 0 aromatic heterocycles. The number of hydrogen-bond acceptors (Lipinski definition) is 4. The Morgan fingerprint density at radius 1 is 1.47 bits per heavy atom. The molecular weight excluding hydrogens is 218 g/mol. The van der Waals surface area contributed by atoms with Crippen LogP contribution < -0.4 is 5.32 Å². The summed E-state index contributed by atoms with van der Waals surface area (Å²) in [5.74, 6) is -0.324. The fourth-order valence-electron chi connectivity index (χ4n) is 2.53. The topological polar surface area (TPSA) is 64.9 Å². The maximum Gasteiger partial charge on any atom is 0.278 e. The minimum atomic E-state index is -0.324. The van der Waals surface area contributed by atoms with Gasteiger partial charge in [0, 0.05) is 18.7 Å². The van der Waals surface area contributed by atoms with Gasteiger partial charge < -0.3 is 15.4 Å². The Balaban J connectivity index is 2.15. The van der Waals surface area contributed by atoms with Crippen LogP contribution in [-0.4, -0.2) is 35.3 Å². The number of nitrogens with one attached hydrogen (secondary N) is 1. The number of nitrogens with zero attached hydrogens (tertiary/aromatic N) is 2. The largest absolute Gasteiger partial charge is 0.410 e.